The fourth-order valence-electron chi connectivity index (χ4n) is 1.44. The van der Waals surface area contributed by atoms with Crippen LogP contribution in [-0.4, -0.2) is 11.1 Å². The van der Waals surface area contributed by atoms with Crippen molar-refractivity contribution in [1.82, 2.24) is 0 Å². The first-order valence-corrected chi connectivity index (χ1v) is 5.49. The molecule has 0 fully saturated rings. The van der Waals surface area contributed by atoms with Gasteiger partial charge in [0.05, 0.1) is 16.3 Å². The second-order valence-electron chi connectivity index (χ2n) is 3.63. The normalized spacial score (nSPS) is 10.1. The summed E-state index contributed by atoms with van der Waals surface area (Å²) < 4.78 is 12.9. The van der Waals surface area contributed by atoms with Crippen LogP contribution in [0.4, 0.5) is 15.8 Å². The molecule has 0 spiro atoms. The number of carboxylic acids is 1. The Morgan fingerprint density at radius 3 is 2.39 bits per heavy atom. The first-order chi connectivity index (χ1) is 8.56. The van der Waals surface area contributed by atoms with E-state index in [2.05, 4.69) is 5.32 Å². The lowest BCUT2D eigenvalue weighted by atomic mass is 10.2. The Morgan fingerprint density at radius 1 is 1.17 bits per heavy atom. The fourth-order valence-corrected chi connectivity index (χ4v) is 1.66. The molecule has 0 radical (unpaired) electrons. The average molecular weight is 266 g/mol. The van der Waals surface area contributed by atoms with Gasteiger partial charge in [0.2, 0.25) is 0 Å². The van der Waals surface area contributed by atoms with Crippen molar-refractivity contribution < 1.29 is 14.3 Å². The molecule has 0 aliphatic rings. The van der Waals surface area contributed by atoms with Crippen LogP contribution in [0.5, 0.6) is 0 Å². The second-order valence-corrected chi connectivity index (χ2v) is 4.04. The number of hydrogen-bond donors (Lipinski definition) is 2. The molecule has 0 aliphatic heterocycles. The minimum Gasteiger partial charge on any atom is -0.478 e. The zero-order valence-electron chi connectivity index (χ0n) is 9.15. The van der Waals surface area contributed by atoms with E-state index < -0.39 is 11.8 Å². The molecule has 18 heavy (non-hydrogen) atoms. The van der Waals surface area contributed by atoms with E-state index >= 15 is 0 Å². The van der Waals surface area contributed by atoms with Gasteiger partial charge in [-0.3, -0.25) is 0 Å². The van der Waals surface area contributed by atoms with Crippen LogP contribution in [0.25, 0.3) is 0 Å². The molecule has 5 heteroatoms. The summed E-state index contributed by atoms with van der Waals surface area (Å²) in [4.78, 5) is 10.7. The molecule has 0 saturated carbocycles. The van der Waals surface area contributed by atoms with Crippen LogP contribution in [0.1, 0.15) is 10.4 Å². The van der Waals surface area contributed by atoms with Crippen molar-refractivity contribution in [2.75, 3.05) is 5.32 Å². The Hall–Kier alpha value is -2.07. The number of carbonyl (C=O) groups is 1. The van der Waals surface area contributed by atoms with Crippen LogP contribution in [0.3, 0.4) is 0 Å². The largest absolute Gasteiger partial charge is 0.478 e. The molecular formula is C13H9ClFNO2. The molecule has 2 rings (SSSR count). The highest BCUT2D eigenvalue weighted by molar-refractivity contribution is 6.33. The molecule has 2 N–H and O–H groups in total. The van der Waals surface area contributed by atoms with E-state index in [9.17, 15) is 9.18 Å². The van der Waals surface area contributed by atoms with E-state index in [4.69, 9.17) is 16.7 Å². The third-order valence-corrected chi connectivity index (χ3v) is 2.65. The smallest absolute Gasteiger partial charge is 0.335 e. The molecule has 0 aliphatic carbocycles. The number of carboxylic acid groups (broad SMARTS) is 1. The first kappa shape index (κ1) is 12.4. The summed E-state index contributed by atoms with van der Waals surface area (Å²) in [6.07, 6.45) is 0. The Bertz CT molecular complexity index is 584. The lowest BCUT2D eigenvalue weighted by Crippen LogP contribution is -1.97. The van der Waals surface area contributed by atoms with E-state index in [1.54, 1.807) is 12.1 Å². The summed E-state index contributed by atoms with van der Waals surface area (Å²) in [6, 6.07) is 10.2. The van der Waals surface area contributed by atoms with Gasteiger partial charge in [-0.25, -0.2) is 9.18 Å². The summed E-state index contributed by atoms with van der Waals surface area (Å²) in [5, 5.41) is 12.0. The maximum atomic E-state index is 12.9. The summed E-state index contributed by atoms with van der Waals surface area (Å²) >= 11 is 5.86. The summed E-state index contributed by atoms with van der Waals surface area (Å²) in [5.41, 5.74) is 1.43. The minimum atomic E-state index is -0.985. The molecule has 0 bridgehead atoms. The van der Waals surface area contributed by atoms with Crippen molar-refractivity contribution in [1.29, 1.82) is 0 Å². The van der Waals surface area contributed by atoms with Crippen molar-refractivity contribution in [3.05, 3.63) is 58.9 Å². The highest BCUT2D eigenvalue weighted by atomic mass is 35.5. The van der Waals surface area contributed by atoms with Gasteiger partial charge in [-0.05, 0) is 42.5 Å². The van der Waals surface area contributed by atoms with E-state index in [1.807, 2.05) is 0 Å². The maximum Gasteiger partial charge on any atom is 0.335 e. The third-order valence-electron chi connectivity index (χ3n) is 2.34. The van der Waals surface area contributed by atoms with E-state index in [0.29, 0.717) is 11.4 Å². The van der Waals surface area contributed by atoms with Crippen LogP contribution in [0.15, 0.2) is 42.5 Å². The van der Waals surface area contributed by atoms with Gasteiger partial charge < -0.3 is 10.4 Å². The number of anilines is 2. The topological polar surface area (TPSA) is 49.3 Å². The molecule has 0 heterocycles. The van der Waals surface area contributed by atoms with Crippen LogP contribution in [0, 0.1) is 5.82 Å². The van der Waals surface area contributed by atoms with Crippen LogP contribution >= 0.6 is 11.6 Å². The Balaban J connectivity index is 2.21. The highest BCUT2D eigenvalue weighted by Gasteiger charge is 2.04. The highest BCUT2D eigenvalue weighted by Crippen LogP contribution is 2.26. The predicted octanol–water partition coefficient (Wildman–Crippen LogP) is 3.92. The quantitative estimate of drug-likeness (QED) is 0.884. The number of nitrogens with one attached hydrogen (secondary N) is 1. The monoisotopic (exact) mass is 265 g/mol. The molecular weight excluding hydrogens is 257 g/mol. The van der Waals surface area contributed by atoms with Crippen molar-refractivity contribution in [3.63, 3.8) is 0 Å². The van der Waals surface area contributed by atoms with Crippen LogP contribution < -0.4 is 5.32 Å². The first-order valence-electron chi connectivity index (χ1n) is 5.12. The van der Waals surface area contributed by atoms with Gasteiger partial charge in [0.1, 0.15) is 5.82 Å². The van der Waals surface area contributed by atoms with Gasteiger partial charge in [0.25, 0.3) is 0 Å². The van der Waals surface area contributed by atoms with Gasteiger partial charge >= 0.3 is 5.97 Å². The van der Waals surface area contributed by atoms with E-state index in [1.165, 1.54) is 30.3 Å². The number of benzene rings is 2. The molecule has 0 unspecified atom stereocenters. The standard InChI is InChI=1S/C13H9ClFNO2/c14-11-7-9(15)3-6-12(11)16-10-4-1-8(2-5-10)13(17)18/h1-7,16H,(H,17,18). The van der Waals surface area contributed by atoms with Crippen molar-refractivity contribution in [2.45, 2.75) is 0 Å². The predicted molar refractivity (Wildman–Crippen MR) is 68.1 cm³/mol. The number of hydrogen-bond acceptors (Lipinski definition) is 2. The molecule has 0 atom stereocenters. The zero-order valence-corrected chi connectivity index (χ0v) is 9.91. The van der Waals surface area contributed by atoms with Gasteiger partial charge in [0.15, 0.2) is 0 Å². The van der Waals surface area contributed by atoms with Crippen molar-refractivity contribution in [3.8, 4) is 0 Å². The Morgan fingerprint density at radius 2 is 1.83 bits per heavy atom. The van der Waals surface area contributed by atoms with Gasteiger partial charge in [-0.1, -0.05) is 11.6 Å². The molecule has 0 saturated heterocycles. The molecule has 92 valence electrons. The lowest BCUT2D eigenvalue weighted by molar-refractivity contribution is 0.0697. The number of rotatable bonds is 3. The molecule has 3 nitrogen and oxygen atoms in total. The van der Waals surface area contributed by atoms with Gasteiger partial charge in [-0.2, -0.15) is 0 Å². The van der Waals surface area contributed by atoms with E-state index in [-0.39, 0.29) is 10.6 Å². The SMILES string of the molecule is O=C(O)c1ccc(Nc2ccc(F)cc2Cl)cc1. The average Bonchev–Trinajstić information content (AvgIpc) is 2.33. The fraction of sp³-hybridized carbons (Fsp3) is 0. The van der Waals surface area contributed by atoms with Gasteiger partial charge in [-0.15, -0.1) is 0 Å². The van der Waals surface area contributed by atoms with Crippen LogP contribution in [-0.2, 0) is 0 Å². The molecule has 0 amide bonds. The van der Waals surface area contributed by atoms with Crippen LogP contribution in [0.2, 0.25) is 5.02 Å². The van der Waals surface area contributed by atoms with Crippen molar-refractivity contribution in [2.24, 2.45) is 0 Å². The third kappa shape index (κ3) is 2.78. The lowest BCUT2D eigenvalue weighted by Gasteiger charge is -2.08. The van der Waals surface area contributed by atoms with Crippen molar-refractivity contribution >= 4 is 28.9 Å². The molecule has 0 aromatic heterocycles. The molecule has 2 aromatic rings. The summed E-state index contributed by atoms with van der Waals surface area (Å²) in [6.45, 7) is 0. The Labute approximate surface area is 108 Å². The minimum absolute atomic E-state index is 0.200. The number of aromatic carboxylic acids is 1. The van der Waals surface area contributed by atoms with E-state index in [0.717, 1.165) is 0 Å². The maximum absolute atomic E-state index is 12.9. The summed E-state index contributed by atoms with van der Waals surface area (Å²) in [5.74, 6) is -1.40. The zero-order chi connectivity index (χ0) is 13.1. The second kappa shape index (κ2) is 5.06. The Kier molecular flexibility index (Phi) is 3.48. The molecule has 2 aromatic carbocycles. The summed E-state index contributed by atoms with van der Waals surface area (Å²) in [7, 11) is 0. The number of halogens is 2. The van der Waals surface area contributed by atoms with Gasteiger partial charge in [0, 0.05) is 5.69 Å².